The first-order chi connectivity index (χ1) is 10.5. The normalized spacial score (nSPS) is 18.1. The predicted octanol–water partition coefficient (Wildman–Crippen LogP) is 3.94. The fourth-order valence-corrected chi connectivity index (χ4v) is 3.24. The number of benzene rings is 1. The van der Waals surface area contributed by atoms with Crippen LogP contribution >= 0.6 is 23.2 Å². The Labute approximate surface area is 140 Å². The Hall–Kier alpha value is -1.26. The number of likely N-dealkylation sites (tertiary alicyclic amines) is 1. The second-order valence-corrected chi connectivity index (χ2v) is 6.25. The minimum absolute atomic E-state index is 0.145. The van der Waals surface area contributed by atoms with Gasteiger partial charge in [0.2, 0.25) is 0 Å². The highest BCUT2D eigenvalue weighted by Crippen LogP contribution is 2.21. The second-order valence-electron chi connectivity index (χ2n) is 5.38. The molecule has 0 aromatic heterocycles. The van der Waals surface area contributed by atoms with E-state index in [1.54, 1.807) is 0 Å². The van der Waals surface area contributed by atoms with E-state index in [0.29, 0.717) is 10.0 Å². The molecule has 1 unspecified atom stereocenters. The molecule has 0 saturated carbocycles. The summed E-state index contributed by atoms with van der Waals surface area (Å²) in [7, 11) is 0. The maximum absolute atomic E-state index is 12.2. The van der Waals surface area contributed by atoms with E-state index in [1.807, 2.05) is 4.90 Å². The van der Waals surface area contributed by atoms with Crippen molar-refractivity contribution in [3.05, 3.63) is 33.8 Å². The average molecular weight is 344 g/mol. The summed E-state index contributed by atoms with van der Waals surface area (Å²) in [5.74, 6) is -0.740. The van der Waals surface area contributed by atoms with Gasteiger partial charge in [-0.25, -0.2) is 4.79 Å². The molecule has 0 aliphatic carbocycles. The van der Waals surface area contributed by atoms with Gasteiger partial charge in [0.15, 0.2) is 6.61 Å². The number of nitrogens with zero attached hydrogens (tertiary/aromatic N) is 1. The molecular weight excluding hydrogens is 325 g/mol. The zero-order valence-electron chi connectivity index (χ0n) is 12.5. The second kappa shape index (κ2) is 7.84. The number of carbonyl (C=O) groups is 2. The summed E-state index contributed by atoms with van der Waals surface area (Å²) in [5.41, 5.74) is 0.246. The van der Waals surface area contributed by atoms with Gasteiger partial charge in [-0.1, -0.05) is 30.1 Å². The van der Waals surface area contributed by atoms with Gasteiger partial charge in [0.25, 0.3) is 5.91 Å². The van der Waals surface area contributed by atoms with E-state index in [0.717, 1.165) is 32.2 Å². The zero-order chi connectivity index (χ0) is 16.1. The minimum atomic E-state index is -0.595. The summed E-state index contributed by atoms with van der Waals surface area (Å²) < 4.78 is 5.10. The van der Waals surface area contributed by atoms with Crippen LogP contribution in [0.5, 0.6) is 0 Å². The number of rotatable bonds is 4. The largest absolute Gasteiger partial charge is 0.452 e. The highest BCUT2D eigenvalue weighted by Gasteiger charge is 2.26. The third kappa shape index (κ3) is 4.37. The van der Waals surface area contributed by atoms with E-state index in [-0.39, 0.29) is 24.1 Å². The molecule has 2 rings (SSSR count). The van der Waals surface area contributed by atoms with Gasteiger partial charge in [-0.3, -0.25) is 4.79 Å². The van der Waals surface area contributed by atoms with Crippen LogP contribution in [-0.4, -0.2) is 36.0 Å². The molecule has 0 radical (unpaired) electrons. The van der Waals surface area contributed by atoms with Gasteiger partial charge in [0, 0.05) is 22.6 Å². The summed E-state index contributed by atoms with van der Waals surface area (Å²) in [6.07, 6.45) is 4.08. The van der Waals surface area contributed by atoms with Crippen LogP contribution < -0.4 is 0 Å². The molecule has 1 saturated heterocycles. The molecule has 1 aliphatic rings. The molecule has 22 heavy (non-hydrogen) atoms. The van der Waals surface area contributed by atoms with Crippen molar-refractivity contribution in [1.29, 1.82) is 0 Å². The van der Waals surface area contributed by atoms with Crippen LogP contribution in [0.25, 0.3) is 0 Å². The number of hydrogen-bond acceptors (Lipinski definition) is 3. The Morgan fingerprint density at radius 3 is 2.55 bits per heavy atom. The van der Waals surface area contributed by atoms with Gasteiger partial charge >= 0.3 is 5.97 Å². The molecule has 0 spiro atoms. The van der Waals surface area contributed by atoms with Gasteiger partial charge in [-0.15, -0.1) is 0 Å². The lowest BCUT2D eigenvalue weighted by Crippen LogP contribution is -2.45. The lowest BCUT2D eigenvalue weighted by Gasteiger charge is -2.35. The first-order valence-electron chi connectivity index (χ1n) is 7.44. The van der Waals surface area contributed by atoms with Crippen LogP contribution in [0.15, 0.2) is 18.2 Å². The molecule has 1 fully saturated rings. The monoisotopic (exact) mass is 343 g/mol. The quantitative estimate of drug-likeness (QED) is 0.777. The van der Waals surface area contributed by atoms with Gasteiger partial charge < -0.3 is 9.64 Å². The SMILES string of the molecule is CCC1CCCCN1C(=O)COC(=O)c1cc(Cl)cc(Cl)c1. The zero-order valence-corrected chi connectivity index (χ0v) is 14.0. The van der Waals surface area contributed by atoms with Crippen LogP contribution in [0, 0.1) is 0 Å². The van der Waals surface area contributed by atoms with Crippen LogP contribution in [0.4, 0.5) is 0 Å². The van der Waals surface area contributed by atoms with Crippen LogP contribution in [0.3, 0.4) is 0 Å². The maximum Gasteiger partial charge on any atom is 0.338 e. The van der Waals surface area contributed by atoms with Gasteiger partial charge in [-0.05, 0) is 43.9 Å². The highest BCUT2D eigenvalue weighted by atomic mass is 35.5. The van der Waals surface area contributed by atoms with Crippen LogP contribution in [0.1, 0.15) is 43.0 Å². The van der Waals surface area contributed by atoms with E-state index in [1.165, 1.54) is 18.2 Å². The molecular formula is C16H19Cl2NO3. The molecule has 6 heteroatoms. The van der Waals surface area contributed by atoms with Gasteiger partial charge in [0.1, 0.15) is 0 Å². The van der Waals surface area contributed by atoms with Crippen LogP contribution in [-0.2, 0) is 9.53 Å². The molecule has 0 bridgehead atoms. The van der Waals surface area contributed by atoms with Crippen LogP contribution in [0.2, 0.25) is 10.0 Å². The molecule has 1 amide bonds. The lowest BCUT2D eigenvalue weighted by molar-refractivity contribution is -0.138. The first-order valence-corrected chi connectivity index (χ1v) is 8.19. The van der Waals surface area contributed by atoms with Crippen molar-refractivity contribution in [3.8, 4) is 0 Å². The van der Waals surface area contributed by atoms with Crippen molar-refractivity contribution in [2.75, 3.05) is 13.2 Å². The fraction of sp³-hybridized carbons (Fsp3) is 0.500. The molecule has 1 atom stereocenters. The van der Waals surface area contributed by atoms with E-state index >= 15 is 0 Å². The molecule has 1 aromatic carbocycles. The summed E-state index contributed by atoms with van der Waals surface area (Å²) in [5, 5.41) is 0.709. The smallest absolute Gasteiger partial charge is 0.338 e. The Bertz CT molecular complexity index is 542. The average Bonchev–Trinajstić information content (AvgIpc) is 2.51. The van der Waals surface area contributed by atoms with Crippen molar-refractivity contribution >= 4 is 35.1 Å². The number of amides is 1. The van der Waals surface area contributed by atoms with Crippen molar-refractivity contribution < 1.29 is 14.3 Å². The Balaban J connectivity index is 1.93. The number of piperidine rings is 1. The maximum atomic E-state index is 12.2. The van der Waals surface area contributed by atoms with Crippen molar-refractivity contribution in [1.82, 2.24) is 4.90 Å². The van der Waals surface area contributed by atoms with E-state index in [2.05, 4.69) is 6.92 Å². The number of esters is 1. The third-order valence-corrected chi connectivity index (χ3v) is 4.28. The lowest BCUT2D eigenvalue weighted by atomic mass is 10.00. The van der Waals surface area contributed by atoms with Crippen molar-refractivity contribution in [2.24, 2.45) is 0 Å². The van der Waals surface area contributed by atoms with Crippen molar-refractivity contribution in [2.45, 2.75) is 38.6 Å². The number of ether oxygens (including phenoxy) is 1. The molecule has 4 nitrogen and oxygen atoms in total. The standard InChI is InChI=1S/C16H19Cl2NO3/c1-2-14-5-3-4-6-19(14)15(20)10-22-16(21)11-7-12(17)9-13(18)8-11/h7-9,14H,2-6,10H2,1H3. The predicted molar refractivity (Wildman–Crippen MR) is 86.4 cm³/mol. The summed E-state index contributed by atoms with van der Waals surface area (Å²) in [6, 6.07) is 4.72. The highest BCUT2D eigenvalue weighted by molar-refractivity contribution is 6.35. The Morgan fingerprint density at radius 2 is 1.91 bits per heavy atom. The fourth-order valence-electron chi connectivity index (χ4n) is 2.72. The van der Waals surface area contributed by atoms with Gasteiger partial charge in [0.05, 0.1) is 5.56 Å². The molecule has 1 aromatic rings. The summed E-state index contributed by atoms with van der Waals surface area (Å²) >= 11 is 11.7. The molecule has 0 N–H and O–H groups in total. The Kier molecular flexibility index (Phi) is 6.09. The minimum Gasteiger partial charge on any atom is -0.452 e. The third-order valence-electron chi connectivity index (χ3n) is 3.84. The summed E-state index contributed by atoms with van der Waals surface area (Å²) in [4.78, 5) is 26.0. The molecule has 1 aliphatic heterocycles. The number of halogens is 2. The first kappa shape index (κ1) is 17.1. The Morgan fingerprint density at radius 1 is 1.23 bits per heavy atom. The van der Waals surface area contributed by atoms with Gasteiger partial charge in [-0.2, -0.15) is 0 Å². The van der Waals surface area contributed by atoms with E-state index in [4.69, 9.17) is 27.9 Å². The number of carbonyl (C=O) groups excluding carboxylic acids is 2. The molecule has 1 heterocycles. The molecule has 120 valence electrons. The topological polar surface area (TPSA) is 46.6 Å². The summed E-state index contributed by atoms with van der Waals surface area (Å²) in [6.45, 7) is 2.55. The van der Waals surface area contributed by atoms with Crippen molar-refractivity contribution in [3.63, 3.8) is 0 Å². The van der Waals surface area contributed by atoms with E-state index in [9.17, 15) is 9.59 Å². The van der Waals surface area contributed by atoms with E-state index < -0.39 is 5.97 Å². The number of hydrogen-bond donors (Lipinski definition) is 0.